The molecule has 8 nitrogen and oxygen atoms in total. The summed E-state index contributed by atoms with van der Waals surface area (Å²) in [5.41, 5.74) is 2.03. The van der Waals surface area contributed by atoms with Gasteiger partial charge in [0.1, 0.15) is 0 Å². The van der Waals surface area contributed by atoms with E-state index in [-0.39, 0.29) is 16.8 Å². The maximum absolute atomic E-state index is 13.2. The van der Waals surface area contributed by atoms with Gasteiger partial charge in [0, 0.05) is 50.0 Å². The van der Waals surface area contributed by atoms with Crippen LogP contribution in [0.4, 0.5) is 10.8 Å². The molecule has 0 radical (unpaired) electrons. The lowest BCUT2D eigenvalue weighted by atomic mass is 10.0. The van der Waals surface area contributed by atoms with Gasteiger partial charge >= 0.3 is 0 Å². The molecular weight excluding hydrogens is 494 g/mol. The van der Waals surface area contributed by atoms with Gasteiger partial charge in [0.2, 0.25) is 10.0 Å². The first kappa shape index (κ1) is 25.1. The summed E-state index contributed by atoms with van der Waals surface area (Å²) in [7, 11) is -1.44. The van der Waals surface area contributed by atoms with Crippen LogP contribution in [0.1, 0.15) is 43.0 Å². The number of likely N-dealkylation sites (N-methyl/N-ethyl adjacent to an activating group) is 1. The molecule has 1 aromatic heterocycles. The van der Waals surface area contributed by atoms with Crippen molar-refractivity contribution in [3.63, 3.8) is 0 Å². The maximum Gasteiger partial charge on any atom is 0.255 e. The van der Waals surface area contributed by atoms with Gasteiger partial charge in [0.05, 0.1) is 15.1 Å². The lowest BCUT2D eigenvalue weighted by Gasteiger charge is -2.34. The third kappa shape index (κ3) is 5.13. The largest absolute Gasteiger partial charge is 0.345 e. The lowest BCUT2D eigenvalue weighted by molar-refractivity contribution is 0.102. The van der Waals surface area contributed by atoms with E-state index in [0.717, 1.165) is 67.2 Å². The molecule has 10 heteroatoms. The Morgan fingerprint density at radius 2 is 1.81 bits per heavy atom. The summed E-state index contributed by atoms with van der Waals surface area (Å²) in [6.45, 7) is 6.55. The molecule has 192 valence electrons. The molecule has 2 aromatic carbocycles. The molecule has 2 aliphatic heterocycles. The number of thiazole rings is 1. The van der Waals surface area contributed by atoms with Gasteiger partial charge in [-0.15, -0.1) is 0 Å². The van der Waals surface area contributed by atoms with Crippen molar-refractivity contribution in [3.8, 4) is 0 Å². The van der Waals surface area contributed by atoms with Gasteiger partial charge in [-0.3, -0.25) is 4.79 Å². The summed E-state index contributed by atoms with van der Waals surface area (Å²) in [6, 6.07) is 12.0. The van der Waals surface area contributed by atoms with Crippen LogP contribution in [-0.2, 0) is 10.0 Å². The minimum atomic E-state index is -3.57. The van der Waals surface area contributed by atoms with Gasteiger partial charge in [-0.25, -0.2) is 13.4 Å². The molecule has 0 aliphatic carbocycles. The number of carbonyl (C=O) groups excluding carboxylic acids is 1. The normalized spacial score (nSPS) is 20.1. The number of carbonyl (C=O) groups is 1. The number of hydrogen-bond acceptors (Lipinski definition) is 7. The summed E-state index contributed by atoms with van der Waals surface area (Å²) in [5, 5.41) is 3.95. The standard InChI is InChI=1S/C26H33N5O3S2/c1-3-21-6-4-5-13-31(21)36(33,34)22-10-7-19(8-11-22)25(32)27-20-9-12-23-24(18-20)35-26(28-23)30-16-14-29(2)15-17-30/h7-12,18,21H,3-6,13-17H2,1-2H3,(H,27,32). The van der Waals surface area contributed by atoms with Crippen LogP contribution in [0.25, 0.3) is 10.2 Å². The Kier molecular flexibility index (Phi) is 7.30. The fraction of sp³-hybridized carbons (Fsp3) is 0.462. The van der Waals surface area contributed by atoms with Crippen molar-refractivity contribution >= 4 is 48.3 Å². The summed E-state index contributed by atoms with van der Waals surface area (Å²) < 4.78 is 29.1. The number of hydrogen-bond donors (Lipinski definition) is 1. The minimum Gasteiger partial charge on any atom is -0.345 e. The highest BCUT2D eigenvalue weighted by Gasteiger charge is 2.32. The molecule has 0 bridgehead atoms. The SMILES string of the molecule is CCC1CCCCN1S(=O)(=O)c1ccc(C(=O)Nc2ccc3nc(N4CCN(C)CC4)sc3c2)cc1. The smallest absolute Gasteiger partial charge is 0.255 e. The van der Waals surface area contributed by atoms with Crippen LogP contribution in [0.2, 0.25) is 0 Å². The van der Waals surface area contributed by atoms with E-state index < -0.39 is 10.0 Å². The van der Waals surface area contributed by atoms with Gasteiger partial charge in [0.15, 0.2) is 5.13 Å². The molecule has 3 heterocycles. The number of rotatable bonds is 6. The van der Waals surface area contributed by atoms with Crippen molar-refractivity contribution in [2.24, 2.45) is 0 Å². The second-order valence-corrected chi connectivity index (χ2v) is 12.5. The number of aromatic nitrogens is 1. The number of nitrogens with one attached hydrogen (secondary N) is 1. The first-order valence-electron chi connectivity index (χ1n) is 12.6. The van der Waals surface area contributed by atoms with Crippen molar-refractivity contribution in [1.29, 1.82) is 0 Å². The number of piperazine rings is 1. The van der Waals surface area contributed by atoms with E-state index in [4.69, 9.17) is 4.98 Å². The molecule has 5 rings (SSSR count). The summed E-state index contributed by atoms with van der Waals surface area (Å²) in [6.07, 6.45) is 3.66. The van der Waals surface area contributed by atoms with Gasteiger partial charge in [-0.1, -0.05) is 24.7 Å². The van der Waals surface area contributed by atoms with Crippen molar-refractivity contribution in [1.82, 2.24) is 14.2 Å². The Labute approximate surface area is 217 Å². The number of piperidine rings is 1. The fourth-order valence-corrected chi connectivity index (χ4v) is 7.76. The summed E-state index contributed by atoms with van der Waals surface area (Å²) in [5.74, 6) is -0.272. The molecule has 0 saturated carbocycles. The highest BCUT2D eigenvalue weighted by molar-refractivity contribution is 7.89. The quantitative estimate of drug-likeness (QED) is 0.516. The highest BCUT2D eigenvalue weighted by Crippen LogP contribution is 2.32. The molecule has 1 atom stereocenters. The molecule has 2 fully saturated rings. The van der Waals surface area contributed by atoms with Crippen molar-refractivity contribution in [3.05, 3.63) is 48.0 Å². The van der Waals surface area contributed by atoms with Gasteiger partial charge in [-0.2, -0.15) is 4.31 Å². The molecule has 1 unspecified atom stereocenters. The first-order valence-corrected chi connectivity index (χ1v) is 14.9. The highest BCUT2D eigenvalue weighted by atomic mass is 32.2. The van der Waals surface area contributed by atoms with E-state index in [1.165, 1.54) is 0 Å². The molecule has 2 saturated heterocycles. The maximum atomic E-state index is 13.2. The van der Waals surface area contributed by atoms with E-state index in [0.29, 0.717) is 17.8 Å². The molecule has 0 spiro atoms. The zero-order valence-corrected chi connectivity index (χ0v) is 22.4. The molecule has 36 heavy (non-hydrogen) atoms. The van der Waals surface area contributed by atoms with Crippen LogP contribution in [0.5, 0.6) is 0 Å². The van der Waals surface area contributed by atoms with Crippen LogP contribution in [-0.4, -0.2) is 74.3 Å². The topological polar surface area (TPSA) is 85.8 Å². The third-order valence-electron chi connectivity index (χ3n) is 7.18. The van der Waals surface area contributed by atoms with Crippen LogP contribution in [0, 0.1) is 0 Å². The number of anilines is 2. The van der Waals surface area contributed by atoms with Gasteiger partial charge < -0.3 is 15.1 Å². The monoisotopic (exact) mass is 527 g/mol. The predicted molar refractivity (Wildman–Crippen MR) is 146 cm³/mol. The van der Waals surface area contributed by atoms with Crippen molar-refractivity contribution < 1.29 is 13.2 Å². The van der Waals surface area contributed by atoms with E-state index in [1.54, 1.807) is 39.9 Å². The Bertz CT molecular complexity index is 1330. The van der Waals surface area contributed by atoms with Crippen molar-refractivity contribution in [2.45, 2.75) is 43.5 Å². The van der Waals surface area contributed by atoms with E-state index >= 15 is 0 Å². The Hall–Kier alpha value is -2.53. The zero-order chi connectivity index (χ0) is 25.3. The molecule has 3 aromatic rings. The molecule has 2 aliphatic rings. The molecule has 1 amide bonds. The van der Waals surface area contributed by atoms with E-state index in [1.807, 2.05) is 25.1 Å². The van der Waals surface area contributed by atoms with E-state index in [9.17, 15) is 13.2 Å². The zero-order valence-electron chi connectivity index (χ0n) is 20.8. The third-order valence-corrected chi connectivity index (χ3v) is 10.2. The summed E-state index contributed by atoms with van der Waals surface area (Å²) in [4.78, 5) is 22.5. The van der Waals surface area contributed by atoms with Gasteiger partial charge in [-0.05, 0) is 68.8 Å². The molecule has 1 N–H and O–H groups in total. The van der Waals surface area contributed by atoms with Crippen LogP contribution < -0.4 is 10.2 Å². The fourth-order valence-electron chi connectivity index (χ4n) is 4.94. The Morgan fingerprint density at radius 3 is 2.53 bits per heavy atom. The van der Waals surface area contributed by atoms with E-state index in [2.05, 4.69) is 22.2 Å². The number of sulfonamides is 1. The van der Waals surface area contributed by atoms with Crippen LogP contribution in [0.15, 0.2) is 47.4 Å². The number of amides is 1. The number of benzene rings is 2. The van der Waals surface area contributed by atoms with Crippen molar-refractivity contribution in [2.75, 3.05) is 50.0 Å². The lowest BCUT2D eigenvalue weighted by Crippen LogP contribution is -2.44. The second-order valence-electron chi connectivity index (χ2n) is 9.62. The minimum absolute atomic E-state index is 0.0464. The molecular formula is C26H33N5O3S2. The van der Waals surface area contributed by atoms with Crippen LogP contribution >= 0.6 is 11.3 Å². The Balaban J connectivity index is 1.28. The second kappa shape index (κ2) is 10.5. The number of fused-ring (bicyclic) bond motifs is 1. The average molecular weight is 528 g/mol. The first-order chi connectivity index (χ1) is 17.3. The average Bonchev–Trinajstić information content (AvgIpc) is 3.32. The summed E-state index contributed by atoms with van der Waals surface area (Å²) >= 11 is 1.64. The van der Waals surface area contributed by atoms with Gasteiger partial charge in [0.25, 0.3) is 5.91 Å². The van der Waals surface area contributed by atoms with Crippen LogP contribution in [0.3, 0.4) is 0 Å². The Morgan fingerprint density at radius 1 is 1.06 bits per heavy atom. The predicted octanol–water partition coefficient (Wildman–Crippen LogP) is 4.25. The number of nitrogens with zero attached hydrogens (tertiary/aromatic N) is 4.